The highest BCUT2D eigenvalue weighted by atomic mass is 32.1. The molecule has 7 heteroatoms. The summed E-state index contributed by atoms with van der Waals surface area (Å²) in [7, 11) is 0. The molecule has 1 aliphatic rings. The Balaban J connectivity index is 1.44. The number of amides is 1. The van der Waals surface area contributed by atoms with Crippen molar-refractivity contribution < 1.29 is 14.1 Å². The number of aromatic nitrogens is 1. The summed E-state index contributed by atoms with van der Waals surface area (Å²) < 4.78 is 10.9. The van der Waals surface area contributed by atoms with Gasteiger partial charge < -0.3 is 14.6 Å². The molecule has 29 heavy (non-hydrogen) atoms. The van der Waals surface area contributed by atoms with Gasteiger partial charge >= 0.3 is 0 Å². The Kier molecular flexibility index (Phi) is 6.08. The van der Waals surface area contributed by atoms with E-state index in [1.165, 1.54) is 16.0 Å². The van der Waals surface area contributed by atoms with Crippen LogP contribution in [0.5, 0.6) is 0 Å². The number of nitrogens with one attached hydrogen (secondary N) is 1. The van der Waals surface area contributed by atoms with E-state index in [1.54, 1.807) is 17.4 Å². The minimum atomic E-state index is -0.223. The number of nitrogens with zero attached hydrogens (tertiary/aromatic N) is 2. The van der Waals surface area contributed by atoms with Crippen molar-refractivity contribution in [3.05, 3.63) is 63.5 Å². The number of hydrogen-bond donors (Lipinski definition) is 1. The SMILES string of the molecule is Cc1ccc(-c2cc(C(=O)NC[C@@H](c3cccs3)N3CCOCC3)no2)cc1C. The summed E-state index contributed by atoms with van der Waals surface area (Å²) in [5, 5.41) is 9.08. The predicted molar refractivity (Wildman–Crippen MR) is 113 cm³/mol. The van der Waals surface area contributed by atoms with Gasteiger partial charge in [0, 0.05) is 36.1 Å². The van der Waals surface area contributed by atoms with Crippen LogP contribution in [0, 0.1) is 13.8 Å². The fraction of sp³-hybridized carbons (Fsp3) is 0.364. The van der Waals surface area contributed by atoms with E-state index >= 15 is 0 Å². The molecule has 1 aliphatic heterocycles. The summed E-state index contributed by atoms with van der Waals surface area (Å²) in [4.78, 5) is 16.3. The molecule has 0 saturated carbocycles. The zero-order valence-electron chi connectivity index (χ0n) is 16.7. The molecule has 2 aromatic heterocycles. The first kappa shape index (κ1) is 19.8. The highest BCUT2D eigenvalue weighted by Gasteiger charge is 2.24. The van der Waals surface area contributed by atoms with E-state index < -0.39 is 0 Å². The third-order valence-electron chi connectivity index (χ3n) is 5.35. The molecule has 1 atom stereocenters. The van der Waals surface area contributed by atoms with Crippen LogP contribution in [0.25, 0.3) is 11.3 Å². The molecule has 6 nitrogen and oxygen atoms in total. The molecule has 0 radical (unpaired) electrons. The molecule has 1 fully saturated rings. The molecule has 3 heterocycles. The second-order valence-electron chi connectivity index (χ2n) is 7.27. The van der Waals surface area contributed by atoms with Crippen LogP contribution in [0.1, 0.15) is 32.5 Å². The number of thiophene rings is 1. The average molecular weight is 412 g/mol. The maximum absolute atomic E-state index is 12.7. The van der Waals surface area contributed by atoms with Gasteiger partial charge in [-0.05, 0) is 42.5 Å². The van der Waals surface area contributed by atoms with Gasteiger partial charge in [-0.25, -0.2) is 0 Å². The molecule has 3 aromatic rings. The van der Waals surface area contributed by atoms with Crippen molar-refractivity contribution in [2.45, 2.75) is 19.9 Å². The largest absolute Gasteiger partial charge is 0.379 e. The summed E-state index contributed by atoms with van der Waals surface area (Å²) in [5.74, 6) is 0.375. The first-order valence-corrected chi connectivity index (χ1v) is 10.7. The molecule has 1 amide bonds. The van der Waals surface area contributed by atoms with Crippen LogP contribution in [-0.2, 0) is 4.74 Å². The summed E-state index contributed by atoms with van der Waals surface area (Å²) in [6.45, 7) is 7.80. The molecule has 1 aromatic carbocycles. The highest BCUT2D eigenvalue weighted by molar-refractivity contribution is 7.10. The number of benzene rings is 1. The van der Waals surface area contributed by atoms with E-state index in [2.05, 4.69) is 40.7 Å². The highest BCUT2D eigenvalue weighted by Crippen LogP contribution is 2.26. The first-order valence-electron chi connectivity index (χ1n) is 9.79. The van der Waals surface area contributed by atoms with Crippen LogP contribution < -0.4 is 5.32 Å². The van der Waals surface area contributed by atoms with Gasteiger partial charge in [-0.1, -0.05) is 23.4 Å². The van der Waals surface area contributed by atoms with Crippen LogP contribution in [0.15, 0.2) is 46.3 Å². The van der Waals surface area contributed by atoms with Crippen molar-refractivity contribution >= 4 is 17.2 Å². The first-order chi connectivity index (χ1) is 14.1. The van der Waals surface area contributed by atoms with Crippen LogP contribution in [-0.4, -0.2) is 48.8 Å². The minimum absolute atomic E-state index is 0.133. The molecule has 1 saturated heterocycles. The Bertz CT molecular complexity index is 962. The molecule has 152 valence electrons. The smallest absolute Gasteiger partial charge is 0.273 e. The van der Waals surface area contributed by atoms with Gasteiger partial charge in [0.05, 0.1) is 19.3 Å². The van der Waals surface area contributed by atoms with Gasteiger partial charge in [0.15, 0.2) is 11.5 Å². The number of ether oxygens (including phenoxy) is 1. The van der Waals surface area contributed by atoms with E-state index in [4.69, 9.17) is 9.26 Å². The average Bonchev–Trinajstić information content (AvgIpc) is 3.43. The lowest BCUT2D eigenvalue weighted by molar-refractivity contribution is 0.0169. The van der Waals surface area contributed by atoms with Crippen molar-refractivity contribution in [3.63, 3.8) is 0 Å². The summed E-state index contributed by atoms with van der Waals surface area (Å²) in [5.41, 5.74) is 3.61. The minimum Gasteiger partial charge on any atom is -0.379 e. The number of morpholine rings is 1. The third-order valence-corrected chi connectivity index (χ3v) is 6.32. The van der Waals surface area contributed by atoms with E-state index in [9.17, 15) is 4.79 Å². The van der Waals surface area contributed by atoms with Gasteiger partial charge in [0.1, 0.15) is 0 Å². The van der Waals surface area contributed by atoms with Crippen LogP contribution >= 0.6 is 11.3 Å². The summed E-state index contributed by atoms with van der Waals surface area (Å²) >= 11 is 1.71. The monoisotopic (exact) mass is 411 g/mol. The van der Waals surface area contributed by atoms with E-state index in [-0.39, 0.29) is 11.9 Å². The van der Waals surface area contributed by atoms with E-state index in [1.807, 2.05) is 24.3 Å². The topological polar surface area (TPSA) is 67.6 Å². The molecule has 0 spiro atoms. The van der Waals surface area contributed by atoms with Gasteiger partial charge in [-0.2, -0.15) is 0 Å². The number of aryl methyl sites for hydroxylation is 2. The van der Waals surface area contributed by atoms with Crippen molar-refractivity contribution in [1.82, 2.24) is 15.4 Å². The summed E-state index contributed by atoms with van der Waals surface area (Å²) in [6, 6.07) is 12.1. The zero-order valence-corrected chi connectivity index (χ0v) is 17.5. The lowest BCUT2D eigenvalue weighted by Crippen LogP contribution is -2.43. The van der Waals surface area contributed by atoms with E-state index in [0.717, 1.165) is 31.9 Å². The third kappa shape index (κ3) is 4.58. The van der Waals surface area contributed by atoms with Crippen molar-refractivity contribution in [1.29, 1.82) is 0 Å². The molecule has 0 bridgehead atoms. The molecule has 1 N–H and O–H groups in total. The van der Waals surface area contributed by atoms with Gasteiger partial charge in [-0.3, -0.25) is 9.69 Å². The van der Waals surface area contributed by atoms with Crippen LogP contribution in [0.3, 0.4) is 0 Å². The van der Waals surface area contributed by atoms with E-state index in [0.29, 0.717) is 18.0 Å². The lowest BCUT2D eigenvalue weighted by atomic mass is 10.0. The van der Waals surface area contributed by atoms with Gasteiger partial charge in [-0.15, -0.1) is 11.3 Å². The Labute approximate surface area is 174 Å². The van der Waals surface area contributed by atoms with Gasteiger partial charge in [0.25, 0.3) is 5.91 Å². The predicted octanol–water partition coefficient (Wildman–Crippen LogP) is 3.82. The van der Waals surface area contributed by atoms with Crippen LogP contribution in [0.4, 0.5) is 0 Å². The fourth-order valence-electron chi connectivity index (χ4n) is 3.47. The normalized spacial score (nSPS) is 15.9. The Morgan fingerprint density at radius 3 is 2.76 bits per heavy atom. The maximum Gasteiger partial charge on any atom is 0.273 e. The number of carbonyl (C=O) groups is 1. The van der Waals surface area contributed by atoms with Crippen molar-refractivity contribution in [2.24, 2.45) is 0 Å². The zero-order chi connectivity index (χ0) is 20.2. The quantitative estimate of drug-likeness (QED) is 0.668. The molecule has 0 aliphatic carbocycles. The Morgan fingerprint density at radius 1 is 1.21 bits per heavy atom. The lowest BCUT2D eigenvalue weighted by Gasteiger charge is -2.34. The molecular formula is C22H25N3O3S. The molecular weight excluding hydrogens is 386 g/mol. The Morgan fingerprint density at radius 2 is 2.03 bits per heavy atom. The fourth-order valence-corrected chi connectivity index (χ4v) is 4.33. The van der Waals surface area contributed by atoms with Crippen molar-refractivity contribution in [3.8, 4) is 11.3 Å². The maximum atomic E-state index is 12.7. The van der Waals surface area contributed by atoms with Crippen LogP contribution in [0.2, 0.25) is 0 Å². The second kappa shape index (κ2) is 8.90. The Hall–Kier alpha value is -2.48. The number of rotatable bonds is 6. The number of hydrogen-bond acceptors (Lipinski definition) is 6. The number of carbonyl (C=O) groups excluding carboxylic acids is 1. The van der Waals surface area contributed by atoms with Gasteiger partial charge in [0.2, 0.25) is 0 Å². The standard InChI is InChI=1S/C22H25N3O3S/c1-15-5-6-17(12-16(15)2)20-13-18(24-28-20)22(26)23-14-19(21-4-3-11-29-21)25-7-9-27-10-8-25/h3-6,11-13,19H,7-10,14H2,1-2H3,(H,23,26)/t19-/m0/s1. The molecule has 0 unspecified atom stereocenters. The van der Waals surface area contributed by atoms with Crippen molar-refractivity contribution in [2.75, 3.05) is 32.8 Å². The summed E-state index contributed by atoms with van der Waals surface area (Å²) in [6.07, 6.45) is 0. The molecule has 4 rings (SSSR count). The second-order valence-corrected chi connectivity index (χ2v) is 8.24.